The molecule has 1 aliphatic carbocycles. The first-order valence-electron chi connectivity index (χ1n) is 11.5. The van der Waals surface area contributed by atoms with Crippen molar-refractivity contribution in [2.45, 2.75) is 111 Å². The highest BCUT2D eigenvalue weighted by molar-refractivity contribution is 5.60. The van der Waals surface area contributed by atoms with Crippen molar-refractivity contribution >= 4 is 12.3 Å². The van der Waals surface area contributed by atoms with Gasteiger partial charge in [0.2, 0.25) is 0 Å². The lowest BCUT2D eigenvalue weighted by Gasteiger charge is -2.27. The normalized spacial score (nSPS) is 19.2. The van der Waals surface area contributed by atoms with Crippen molar-refractivity contribution in [1.82, 2.24) is 0 Å². The number of hydrogen-bond acceptors (Lipinski definition) is 6. The summed E-state index contributed by atoms with van der Waals surface area (Å²) in [6.07, 6.45) is 9.01. The van der Waals surface area contributed by atoms with Gasteiger partial charge in [0.05, 0.1) is 13.2 Å². The molecule has 0 atom stereocenters. The van der Waals surface area contributed by atoms with Crippen LogP contribution in [0.3, 0.4) is 0 Å². The van der Waals surface area contributed by atoms with Gasteiger partial charge in [-0.1, -0.05) is 59.8 Å². The van der Waals surface area contributed by atoms with Crippen molar-refractivity contribution in [3.63, 3.8) is 0 Å². The Hall–Kier alpha value is -1.46. The highest BCUT2D eigenvalue weighted by Gasteiger charge is 2.27. The molecular formula is C23H42O6. The van der Waals surface area contributed by atoms with Gasteiger partial charge in [-0.2, -0.15) is 0 Å². The molecular weight excluding hydrogens is 372 g/mol. The molecule has 0 N–H and O–H groups in total. The van der Waals surface area contributed by atoms with Crippen LogP contribution < -0.4 is 0 Å². The summed E-state index contributed by atoms with van der Waals surface area (Å²) in [5, 5.41) is 0. The van der Waals surface area contributed by atoms with Crippen LogP contribution in [-0.4, -0.2) is 37.7 Å². The molecule has 0 spiro atoms. The second kappa shape index (κ2) is 15.4. The van der Waals surface area contributed by atoms with Gasteiger partial charge in [0.1, 0.15) is 12.2 Å². The van der Waals surface area contributed by atoms with Crippen molar-refractivity contribution in [3.8, 4) is 0 Å². The van der Waals surface area contributed by atoms with E-state index in [4.69, 9.17) is 18.9 Å². The predicted molar refractivity (Wildman–Crippen MR) is 113 cm³/mol. The van der Waals surface area contributed by atoms with Crippen molar-refractivity contribution in [1.29, 1.82) is 0 Å². The molecule has 6 nitrogen and oxygen atoms in total. The third-order valence-corrected chi connectivity index (χ3v) is 5.21. The van der Waals surface area contributed by atoms with Crippen LogP contribution in [0.5, 0.6) is 0 Å². The standard InChI is InChI=1S/C23H42O6/c1-18(2)10-8-6-5-7-9-16-26-22(24)28-20-11-13-21(14-12-20)29-23(25)27-17-15-19(3)4/h18-21H,5-17H2,1-4H3. The summed E-state index contributed by atoms with van der Waals surface area (Å²) >= 11 is 0. The summed E-state index contributed by atoms with van der Waals surface area (Å²) in [7, 11) is 0. The first-order chi connectivity index (χ1) is 13.9. The second-order valence-corrected chi connectivity index (χ2v) is 8.96. The zero-order valence-electron chi connectivity index (χ0n) is 19.0. The topological polar surface area (TPSA) is 71.1 Å². The van der Waals surface area contributed by atoms with Gasteiger partial charge >= 0.3 is 12.3 Å². The molecule has 0 bridgehead atoms. The quantitative estimate of drug-likeness (QED) is 0.248. The van der Waals surface area contributed by atoms with Crippen LogP contribution in [0.4, 0.5) is 9.59 Å². The molecule has 1 rings (SSSR count). The Balaban J connectivity index is 2.01. The SMILES string of the molecule is CC(C)CCCCCCCOC(=O)OC1CCC(OC(=O)OCCC(C)C)CC1. The van der Waals surface area contributed by atoms with Gasteiger partial charge < -0.3 is 18.9 Å². The lowest BCUT2D eigenvalue weighted by molar-refractivity contribution is -0.0274. The summed E-state index contributed by atoms with van der Waals surface area (Å²) in [5.74, 6) is 1.27. The van der Waals surface area contributed by atoms with E-state index >= 15 is 0 Å². The minimum Gasteiger partial charge on any atom is -0.434 e. The van der Waals surface area contributed by atoms with E-state index in [9.17, 15) is 9.59 Å². The maximum atomic E-state index is 11.8. The number of carbonyl (C=O) groups excluding carboxylic acids is 2. The molecule has 0 radical (unpaired) electrons. The minimum absolute atomic E-state index is 0.157. The van der Waals surface area contributed by atoms with Gasteiger partial charge in [-0.05, 0) is 50.4 Å². The molecule has 6 heteroatoms. The van der Waals surface area contributed by atoms with Crippen LogP contribution >= 0.6 is 0 Å². The van der Waals surface area contributed by atoms with Gasteiger partial charge in [-0.25, -0.2) is 9.59 Å². The molecule has 0 amide bonds. The third kappa shape index (κ3) is 14.2. The molecule has 1 aliphatic rings. The predicted octanol–water partition coefficient (Wildman–Crippen LogP) is 6.65. The van der Waals surface area contributed by atoms with E-state index < -0.39 is 12.3 Å². The zero-order valence-corrected chi connectivity index (χ0v) is 19.0. The van der Waals surface area contributed by atoms with E-state index in [2.05, 4.69) is 27.7 Å². The molecule has 29 heavy (non-hydrogen) atoms. The van der Waals surface area contributed by atoms with E-state index in [0.29, 0.717) is 44.8 Å². The molecule has 0 aromatic rings. The Kier molecular flexibility index (Phi) is 13.6. The molecule has 0 aliphatic heterocycles. The Bertz CT molecular complexity index is 441. The molecule has 0 aromatic heterocycles. The molecule has 0 saturated heterocycles. The number of carbonyl (C=O) groups is 2. The Morgan fingerprint density at radius 3 is 1.62 bits per heavy atom. The van der Waals surface area contributed by atoms with E-state index in [1.807, 2.05) is 0 Å². The van der Waals surface area contributed by atoms with Crippen LogP contribution in [0.2, 0.25) is 0 Å². The van der Waals surface area contributed by atoms with E-state index in [0.717, 1.165) is 25.2 Å². The van der Waals surface area contributed by atoms with Crippen LogP contribution in [-0.2, 0) is 18.9 Å². The van der Waals surface area contributed by atoms with Crippen molar-refractivity contribution < 1.29 is 28.5 Å². The fraction of sp³-hybridized carbons (Fsp3) is 0.913. The summed E-state index contributed by atoms with van der Waals surface area (Å²) < 4.78 is 21.0. The fourth-order valence-corrected chi connectivity index (χ4v) is 3.33. The molecule has 170 valence electrons. The highest BCUT2D eigenvalue weighted by Crippen LogP contribution is 2.24. The highest BCUT2D eigenvalue weighted by atomic mass is 16.7. The van der Waals surface area contributed by atoms with Crippen LogP contribution in [0, 0.1) is 11.8 Å². The van der Waals surface area contributed by atoms with Crippen molar-refractivity contribution in [3.05, 3.63) is 0 Å². The van der Waals surface area contributed by atoms with Crippen molar-refractivity contribution in [2.24, 2.45) is 11.8 Å². The number of ether oxygens (including phenoxy) is 4. The number of hydrogen-bond donors (Lipinski definition) is 0. The van der Waals surface area contributed by atoms with E-state index in [1.165, 1.54) is 25.7 Å². The van der Waals surface area contributed by atoms with Gasteiger partial charge in [0.15, 0.2) is 0 Å². The maximum absolute atomic E-state index is 11.8. The lowest BCUT2D eigenvalue weighted by Crippen LogP contribution is -2.30. The van der Waals surface area contributed by atoms with Crippen molar-refractivity contribution in [2.75, 3.05) is 13.2 Å². The zero-order chi connectivity index (χ0) is 21.5. The van der Waals surface area contributed by atoms with Gasteiger partial charge in [-0.3, -0.25) is 0 Å². The first-order valence-corrected chi connectivity index (χ1v) is 11.5. The Labute approximate surface area is 177 Å². The molecule has 1 saturated carbocycles. The first kappa shape index (κ1) is 25.6. The molecule has 1 fully saturated rings. The van der Waals surface area contributed by atoms with E-state index in [-0.39, 0.29) is 12.2 Å². The minimum atomic E-state index is -0.598. The van der Waals surface area contributed by atoms with Gasteiger partial charge in [0, 0.05) is 0 Å². The smallest absolute Gasteiger partial charge is 0.434 e. The average molecular weight is 415 g/mol. The molecule has 0 heterocycles. The monoisotopic (exact) mass is 414 g/mol. The second-order valence-electron chi connectivity index (χ2n) is 8.96. The Morgan fingerprint density at radius 1 is 0.655 bits per heavy atom. The summed E-state index contributed by atoms with van der Waals surface area (Å²) in [5.41, 5.74) is 0. The van der Waals surface area contributed by atoms with Crippen LogP contribution in [0.25, 0.3) is 0 Å². The average Bonchev–Trinajstić information content (AvgIpc) is 2.65. The third-order valence-electron chi connectivity index (χ3n) is 5.21. The number of unbranched alkanes of at least 4 members (excludes halogenated alkanes) is 4. The molecule has 0 unspecified atom stereocenters. The fourth-order valence-electron chi connectivity index (χ4n) is 3.33. The van der Waals surface area contributed by atoms with Gasteiger partial charge in [0.25, 0.3) is 0 Å². The van der Waals surface area contributed by atoms with Crippen LogP contribution in [0.1, 0.15) is 98.3 Å². The molecule has 0 aromatic carbocycles. The summed E-state index contributed by atoms with van der Waals surface area (Å²) in [6.45, 7) is 9.47. The largest absolute Gasteiger partial charge is 0.508 e. The number of rotatable bonds is 13. The maximum Gasteiger partial charge on any atom is 0.508 e. The summed E-state index contributed by atoms with van der Waals surface area (Å²) in [4.78, 5) is 23.5. The lowest BCUT2D eigenvalue weighted by atomic mass is 9.95. The van der Waals surface area contributed by atoms with Crippen LogP contribution in [0.15, 0.2) is 0 Å². The van der Waals surface area contributed by atoms with Gasteiger partial charge in [-0.15, -0.1) is 0 Å². The summed E-state index contributed by atoms with van der Waals surface area (Å²) in [6, 6.07) is 0. The van der Waals surface area contributed by atoms with E-state index in [1.54, 1.807) is 0 Å². The Morgan fingerprint density at radius 2 is 1.10 bits per heavy atom.